The van der Waals surface area contributed by atoms with Crippen LogP contribution in [-0.4, -0.2) is 46.9 Å². The minimum absolute atomic E-state index is 0. The first-order valence-corrected chi connectivity index (χ1v) is 10.1. The number of pyridine rings is 1. The van der Waals surface area contributed by atoms with Gasteiger partial charge >= 0.3 is 0 Å². The van der Waals surface area contributed by atoms with Crippen molar-refractivity contribution in [2.75, 3.05) is 25.0 Å². The van der Waals surface area contributed by atoms with Gasteiger partial charge in [-0.2, -0.15) is 5.10 Å². The Hall–Kier alpha value is -1.84. The smallest absolute Gasteiger partial charge is 0.191 e. The van der Waals surface area contributed by atoms with Crippen molar-refractivity contribution in [3.8, 4) is 0 Å². The second-order valence-corrected chi connectivity index (χ2v) is 7.67. The second-order valence-electron chi connectivity index (χ2n) is 7.67. The van der Waals surface area contributed by atoms with Crippen LogP contribution in [0.4, 0.5) is 5.82 Å². The molecule has 3 rings (SSSR count). The first-order chi connectivity index (χ1) is 13.5. The first kappa shape index (κ1) is 23.4. The van der Waals surface area contributed by atoms with E-state index in [0.29, 0.717) is 6.54 Å². The Morgan fingerprint density at radius 3 is 2.52 bits per heavy atom. The average molecular weight is 511 g/mol. The normalized spacial score (nSPS) is 15.2. The summed E-state index contributed by atoms with van der Waals surface area (Å²) in [7, 11) is 3.80. The van der Waals surface area contributed by atoms with Crippen LogP contribution in [0.15, 0.2) is 23.3 Å². The Morgan fingerprint density at radius 1 is 1.24 bits per heavy atom. The third-order valence-corrected chi connectivity index (χ3v) is 5.48. The van der Waals surface area contributed by atoms with Crippen molar-refractivity contribution in [2.45, 2.75) is 52.6 Å². The molecule has 160 valence electrons. The molecule has 1 atom stereocenters. The summed E-state index contributed by atoms with van der Waals surface area (Å²) in [5.74, 6) is 1.88. The molecule has 0 bridgehead atoms. The summed E-state index contributed by atoms with van der Waals surface area (Å²) in [5, 5.41) is 11.4. The molecule has 1 fully saturated rings. The molecule has 0 aliphatic carbocycles. The predicted octanol–water partition coefficient (Wildman–Crippen LogP) is 2.95. The molecular formula is C21H34IN7. The summed E-state index contributed by atoms with van der Waals surface area (Å²) in [6, 6.07) is 4.52. The maximum absolute atomic E-state index is 4.62. The van der Waals surface area contributed by atoms with Gasteiger partial charge in [-0.3, -0.25) is 9.67 Å². The lowest BCUT2D eigenvalue weighted by molar-refractivity contribution is 0.635. The molecule has 8 heteroatoms. The van der Waals surface area contributed by atoms with Crippen LogP contribution >= 0.6 is 24.0 Å². The second kappa shape index (κ2) is 10.8. The minimum atomic E-state index is 0. The number of halogens is 1. The fourth-order valence-electron chi connectivity index (χ4n) is 3.74. The van der Waals surface area contributed by atoms with Gasteiger partial charge in [-0.15, -0.1) is 24.0 Å². The zero-order chi connectivity index (χ0) is 20.1. The van der Waals surface area contributed by atoms with E-state index in [4.69, 9.17) is 0 Å². The number of nitrogens with zero attached hydrogens (tertiary/aromatic N) is 5. The standard InChI is InChI=1S/C21H33N7.HI/c1-15(12-19-16(2)26-27(5)17(19)3)25-21(22-4)24-14-18-8-9-20(23-13-18)28-10-6-7-11-28;/h8-9,13,15H,6-7,10-12,14H2,1-5H3,(H2,22,24,25);1H. The number of rotatable bonds is 6. The summed E-state index contributed by atoms with van der Waals surface area (Å²) in [5.41, 5.74) is 4.77. The van der Waals surface area contributed by atoms with Gasteiger partial charge in [0, 0.05) is 51.7 Å². The molecule has 2 aromatic rings. The lowest BCUT2D eigenvalue weighted by Gasteiger charge is -2.19. The fraction of sp³-hybridized carbons (Fsp3) is 0.571. The summed E-state index contributed by atoms with van der Waals surface area (Å²) < 4.78 is 1.95. The van der Waals surface area contributed by atoms with Crippen molar-refractivity contribution in [3.63, 3.8) is 0 Å². The number of hydrogen-bond donors (Lipinski definition) is 2. The van der Waals surface area contributed by atoms with E-state index in [0.717, 1.165) is 42.5 Å². The molecule has 0 saturated carbocycles. The molecular weight excluding hydrogens is 477 g/mol. The van der Waals surface area contributed by atoms with Crippen molar-refractivity contribution in [2.24, 2.45) is 12.0 Å². The molecule has 1 saturated heterocycles. The van der Waals surface area contributed by atoms with E-state index in [9.17, 15) is 0 Å². The van der Waals surface area contributed by atoms with E-state index in [1.165, 1.54) is 24.1 Å². The van der Waals surface area contributed by atoms with Crippen molar-refractivity contribution >= 4 is 35.8 Å². The summed E-state index contributed by atoms with van der Waals surface area (Å²) in [6.45, 7) is 9.30. The third-order valence-electron chi connectivity index (χ3n) is 5.48. The average Bonchev–Trinajstić information content (AvgIpc) is 3.30. The van der Waals surface area contributed by atoms with Gasteiger partial charge in [-0.1, -0.05) is 6.07 Å². The number of hydrogen-bond acceptors (Lipinski definition) is 4. The summed E-state index contributed by atoms with van der Waals surface area (Å²) in [6.07, 6.45) is 5.41. The number of anilines is 1. The van der Waals surface area contributed by atoms with Crippen molar-refractivity contribution < 1.29 is 0 Å². The lowest BCUT2D eigenvalue weighted by atomic mass is 10.1. The molecule has 1 aliphatic heterocycles. The molecule has 7 nitrogen and oxygen atoms in total. The van der Waals surface area contributed by atoms with Gasteiger partial charge in [-0.05, 0) is 57.2 Å². The molecule has 3 heterocycles. The zero-order valence-corrected chi connectivity index (χ0v) is 20.5. The van der Waals surface area contributed by atoms with E-state index in [1.807, 2.05) is 17.9 Å². The van der Waals surface area contributed by atoms with Gasteiger partial charge in [0.2, 0.25) is 0 Å². The van der Waals surface area contributed by atoms with Gasteiger partial charge in [0.25, 0.3) is 0 Å². The Bertz CT molecular complexity index is 807. The lowest BCUT2D eigenvalue weighted by Crippen LogP contribution is -2.42. The molecule has 29 heavy (non-hydrogen) atoms. The topological polar surface area (TPSA) is 70.4 Å². The molecule has 2 aromatic heterocycles. The van der Waals surface area contributed by atoms with Crippen molar-refractivity contribution in [3.05, 3.63) is 40.8 Å². The maximum Gasteiger partial charge on any atom is 0.191 e. The summed E-state index contributed by atoms with van der Waals surface area (Å²) >= 11 is 0. The molecule has 0 radical (unpaired) electrons. The molecule has 0 spiro atoms. The van der Waals surface area contributed by atoms with Crippen LogP contribution in [0, 0.1) is 13.8 Å². The molecule has 1 unspecified atom stereocenters. The van der Waals surface area contributed by atoms with Gasteiger partial charge in [0.15, 0.2) is 5.96 Å². The van der Waals surface area contributed by atoms with Crippen molar-refractivity contribution in [1.82, 2.24) is 25.4 Å². The number of nitrogens with one attached hydrogen (secondary N) is 2. The first-order valence-electron chi connectivity index (χ1n) is 10.1. The van der Waals surface area contributed by atoms with Gasteiger partial charge < -0.3 is 15.5 Å². The Labute approximate surface area is 191 Å². The van der Waals surface area contributed by atoms with Gasteiger partial charge in [0.05, 0.1) is 5.69 Å². The molecule has 0 amide bonds. The Balaban J connectivity index is 0.00000300. The Morgan fingerprint density at radius 2 is 1.97 bits per heavy atom. The van der Waals surface area contributed by atoms with E-state index in [2.05, 4.69) is 63.5 Å². The van der Waals surface area contributed by atoms with Crippen LogP contribution < -0.4 is 15.5 Å². The van der Waals surface area contributed by atoms with E-state index in [1.54, 1.807) is 7.05 Å². The highest BCUT2D eigenvalue weighted by atomic mass is 127. The Kier molecular flexibility index (Phi) is 8.73. The number of aliphatic imine (C=N–C) groups is 1. The largest absolute Gasteiger partial charge is 0.357 e. The maximum atomic E-state index is 4.62. The van der Waals surface area contributed by atoms with Crippen LogP contribution in [0.1, 0.15) is 42.3 Å². The van der Waals surface area contributed by atoms with Gasteiger partial charge in [-0.25, -0.2) is 4.98 Å². The highest BCUT2D eigenvalue weighted by molar-refractivity contribution is 14.0. The SMILES string of the molecule is CN=C(NCc1ccc(N2CCCC2)nc1)NC(C)Cc1c(C)nn(C)c1C.I. The van der Waals surface area contributed by atoms with Crippen LogP contribution in [0.3, 0.4) is 0 Å². The van der Waals surface area contributed by atoms with Crippen LogP contribution in [-0.2, 0) is 20.0 Å². The summed E-state index contributed by atoms with van der Waals surface area (Å²) in [4.78, 5) is 11.3. The molecule has 1 aliphatic rings. The van der Waals surface area contributed by atoms with Crippen LogP contribution in [0.5, 0.6) is 0 Å². The minimum Gasteiger partial charge on any atom is -0.357 e. The zero-order valence-electron chi connectivity index (χ0n) is 18.2. The predicted molar refractivity (Wildman–Crippen MR) is 130 cm³/mol. The van der Waals surface area contributed by atoms with E-state index in [-0.39, 0.29) is 30.0 Å². The number of guanidine groups is 1. The third kappa shape index (κ3) is 6.07. The molecule has 0 aromatic carbocycles. The number of aromatic nitrogens is 3. The molecule has 2 N–H and O–H groups in total. The van der Waals surface area contributed by atoms with E-state index >= 15 is 0 Å². The highest BCUT2D eigenvalue weighted by Crippen LogP contribution is 2.17. The van der Waals surface area contributed by atoms with E-state index < -0.39 is 0 Å². The van der Waals surface area contributed by atoms with Crippen LogP contribution in [0.25, 0.3) is 0 Å². The number of aryl methyl sites for hydroxylation is 2. The van der Waals surface area contributed by atoms with Gasteiger partial charge in [0.1, 0.15) is 5.82 Å². The fourth-order valence-corrected chi connectivity index (χ4v) is 3.74. The monoisotopic (exact) mass is 511 g/mol. The van der Waals surface area contributed by atoms with Crippen molar-refractivity contribution in [1.29, 1.82) is 0 Å². The quantitative estimate of drug-likeness (QED) is 0.355. The highest BCUT2D eigenvalue weighted by Gasteiger charge is 2.15. The van der Waals surface area contributed by atoms with Crippen LogP contribution in [0.2, 0.25) is 0 Å².